The van der Waals surface area contributed by atoms with Gasteiger partial charge in [-0.2, -0.15) is 0 Å². The van der Waals surface area contributed by atoms with Crippen molar-refractivity contribution in [2.24, 2.45) is 0 Å². The molecule has 0 spiro atoms. The minimum absolute atomic E-state index is 0.542. The molecule has 0 aliphatic rings. The Balaban J connectivity index is 2.31. The van der Waals surface area contributed by atoms with Gasteiger partial charge in [0.2, 0.25) is 0 Å². The molecule has 0 radical (unpaired) electrons. The molecule has 0 amide bonds. The number of hydrogen-bond donors (Lipinski definition) is 1. The van der Waals surface area contributed by atoms with E-state index in [9.17, 15) is 5.11 Å². The zero-order valence-electron chi connectivity index (χ0n) is 10.8. The Morgan fingerprint density at radius 3 is 2.33 bits per heavy atom. The van der Waals surface area contributed by atoms with Crippen molar-refractivity contribution < 1.29 is 5.11 Å². The van der Waals surface area contributed by atoms with Gasteiger partial charge in [-0.25, -0.2) is 0 Å². The Morgan fingerprint density at radius 2 is 1.72 bits per heavy atom. The topological polar surface area (TPSA) is 20.2 Å². The molecule has 0 aromatic heterocycles. The van der Waals surface area contributed by atoms with Gasteiger partial charge in [-0.05, 0) is 35.4 Å². The van der Waals surface area contributed by atoms with Gasteiger partial charge >= 0.3 is 0 Å². The molecule has 1 unspecified atom stereocenters. The van der Waals surface area contributed by atoms with Crippen LogP contribution >= 0.6 is 11.8 Å². The van der Waals surface area contributed by atoms with Gasteiger partial charge in [-0.3, -0.25) is 0 Å². The summed E-state index contributed by atoms with van der Waals surface area (Å²) in [5.41, 5.74) is 3.23. The second-order valence-electron chi connectivity index (χ2n) is 4.24. The van der Waals surface area contributed by atoms with Crippen LogP contribution in [0.15, 0.2) is 53.4 Å². The summed E-state index contributed by atoms with van der Waals surface area (Å²) >= 11 is 1.67. The molecule has 18 heavy (non-hydrogen) atoms. The minimum atomic E-state index is -0.542. The van der Waals surface area contributed by atoms with E-state index < -0.39 is 6.10 Å². The van der Waals surface area contributed by atoms with E-state index in [1.165, 1.54) is 5.56 Å². The zero-order chi connectivity index (χ0) is 13.0. The lowest BCUT2D eigenvalue weighted by molar-refractivity contribution is 0.217. The Labute approximate surface area is 113 Å². The fourth-order valence-electron chi connectivity index (χ4n) is 2.01. The number of benzene rings is 2. The Morgan fingerprint density at radius 1 is 1.06 bits per heavy atom. The summed E-state index contributed by atoms with van der Waals surface area (Å²) in [5.74, 6) is 0. The van der Waals surface area contributed by atoms with Crippen molar-refractivity contribution in [3.63, 3.8) is 0 Å². The van der Waals surface area contributed by atoms with Crippen molar-refractivity contribution in [1.82, 2.24) is 0 Å². The molecule has 1 N–H and O–H groups in total. The Bertz CT molecular complexity index is 505. The number of hydrogen-bond acceptors (Lipinski definition) is 2. The maximum atomic E-state index is 10.5. The van der Waals surface area contributed by atoms with E-state index in [1.807, 2.05) is 42.7 Å². The summed E-state index contributed by atoms with van der Waals surface area (Å²) < 4.78 is 0. The van der Waals surface area contributed by atoms with Crippen molar-refractivity contribution >= 4 is 11.8 Å². The van der Waals surface area contributed by atoms with E-state index in [-0.39, 0.29) is 0 Å². The highest BCUT2D eigenvalue weighted by molar-refractivity contribution is 7.98. The molecule has 2 aromatic carbocycles. The van der Waals surface area contributed by atoms with Crippen LogP contribution in [0, 0.1) is 0 Å². The number of rotatable bonds is 4. The van der Waals surface area contributed by atoms with Crippen LogP contribution < -0.4 is 0 Å². The lowest BCUT2D eigenvalue weighted by Crippen LogP contribution is -2.01. The highest BCUT2D eigenvalue weighted by Gasteiger charge is 2.13. The van der Waals surface area contributed by atoms with Crippen LogP contribution in [-0.2, 0) is 6.42 Å². The van der Waals surface area contributed by atoms with Gasteiger partial charge < -0.3 is 5.11 Å². The molecule has 0 saturated heterocycles. The van der Waals surface area contributed by atoms with Crippen LogP contribution in [0.3, 0.4) is 0 Å². The Kier molecular flexibility index (Phi) is 4.45. The first-order chi connectivity index (χ1) is 8.76. The zero-order valence-corrected chi connectivity index (χ0v) is 11.6. The van der Waals surface area contributed by atoms with E-state index in [4.69, 9.17) is 0 Å². The monoisotopic (exact) mass is 258 g/mol. The highest BCUT2D eigenvalue weighted by Crippen LogP contribution is 2.30. The second-order valence-corrected chi connectivity index (χ2v) is 5.09. The lowest BCUT2D eigenvalue weighted by atomic mass is 10.00. The van der Waals surface area contributed by atoms with Gasteiger partial charge in [0.15, 0.2) is 0 Å². The first-order valence-electron chi connectivity index (χ1n) is 6.16. The van der Waals surface area contributed by atoms with Crippen molar-refractivity contribution in [3.05, 3.63) is 65.2 Å². The maximum Gasteiger partial charge on any atom is 0.105 e. The molecule has 0 heterocycles. The molecular weight excluding hydrogens is 240 g/mol. The average molecular weight is 258 g/mol. The normalized spacial score (nSPS) is 12.4. The molecule has 0 bridgehead atoms. The molecule has 0 aliphatic heterocycles. The smallest absolute Gasteiger partial charge is 0.105 e. The van der Waals surface area contributed by atoms with Crippen LogP contribution in [-0.4, -0.2) is 11.4 Å². The van der Waals surface area contributed by atoms with Crippen molar-refractivity contribution in [2.75, 3.05) is 6.26 Å². The second kappa shape index (κ2) is 6.07. The third-order valence-electron chi connectivity index (χ3n) is 3.14. The van der Waals surface area contributed by atoms with Crippen LogP contribution in [0.1, 0.15) is 29.7 Å². The fraction of sp³-hybridized carbons (Fsp3) is 0.250. The average Bonchev–Trinajstić information content (AvgIpc) is 2.46. The van der Waals surface area contributed by atoms with E-state index in [1.54, 1.807) is 11.8 Å². The van der Waals surface area contributed by atoms with Crippen LogP contribution in [0.5, 0.6) is 0 Å². The van der Waals surface area contributed by atoms with Gasteiger partial charge in [0, 0.05) is 4.90 Å². The van der Waals surface area contributed by atoms with Crippen LogP contribution in [0.4, 0.5) is 0 Å². The molecule has 0 saturated carbocycles. The quantitative estimate of drug-likeness (QED) is 0.835. The van der Waals surface area contributed by atoms with Crippen LogP contribution in [0.2, 0.25) is 0 Å². The van der Waals surface area contributed by atoms with Crippen molar-refractivity contribution in [1.29, 1.82) is 0 Å². The molecule has 0 fully saturated rings. The predicted molar refractivity (Wildman–Crippen MR) is 78.1 cm³/mol. The summed E-state index contributed by atoms with van der Waals surface area (Å²) in [5, 5.41) is 10.5. The van der Waals surface area contributed by atoms with E-state index >= 15 is 0 Å². The molecule has 2 aromatic rings. The third-order valence-corrected chi connectivity index (χ3v) is 3.95. The van der Waals surface area contributed by atoms with Crippen molar-refractivity contribution in [2.45, 2.75) is 24.3 Å². The molecular formula is C16H18OS. The van der Waals surface area contributed by atoms with Gasteiger partial charge in [-0.1, -0.05) is 49.4 Å². The van der Waals surface area contributed by atoms with Gasteiger partial charge in [0.05, 0.1) is 0 Å². The van der Waals surface area contributed by atoms with E-state index in [0.717, 1.165) is 22.4 Å². The van der Waals surface area contributed by atoms with Gasteiger partial charge in [0.25, 0.3) is 0 Å². The van der Waals surface area contributed by atoms with Crippen molar-refractivity contribution in [3.8, 4) is 0 Å². The minimum Gasteiger partial charge on any atom is -0.384 e. The molecule has 1 nitrogen and oxygen atoms in total. The number of thioether (sulfide) groups is 1. The SMILES string of the molecule is CCc1ccc(C(O)c2ccccc2SC)cc1. The summed E-state index contributed by atoms with van der Waals surface area (Å²) in [6.07, 6.45) is 2.52. The molecule has 94 valence electrons. The molecule has 2 rings (SSSR count). The standard InChI is InChI=1S/C16H18OS/c1-3-12-8-10-13(11-9-12)16(17)14-6-4-5-7-15(14)18-2/h4-11,16-17H,3H2,1-2H3. The maximum absolute atomic E-state index is 10.5. The molecule has 0 aliphatic carbocycles. The summed E-state index contributed by atoms with van der Waals surface area (Å²) in [6.45, 7) is 2.13. The summed E-state index contributed by atoms with van der Waals surface area (Å²) in [6, 6.07) is 16.2. The number of aliphatic hydroxyl groups is 1. The first kappa shape index (κ1) is 13.2. The lowest BCUT2D eigenvalue weighted by Gasteiger charge is -2.15. The fourth-order valence-corrected chi connectivity index (χ4v) is 2.64. The first-order valence-corrected chi connectivity index (χ1v) is 7.38. The van der Waals surface area contributed by atoms with E-state index in [0.29, 0.717) is 0 Å². The molecule has 2 heteroatoms. The van der Waals surface area contributed by atoms with Gasteiger partial charge in [-0.15, -0.1) is 11.8 Å². The molecule has 1 atom stereocenters. The Hall–Kier alpha value is -1.25. The summed E-state index contributed by atoms with van der Waals surface area (Å²) in [7, 11) is 0. The largest absolute Gasteiger partial charge is 0.384 e. The van der Waals surface area contributed by atoms with Gasteiger partial charge in [0.1, 0.15) is 6.10 Å². The third kappa shape index (κ3) is 2.77. The van der Waals surface area contributed by atoms with E-state index in [2.05, 4.69) is 19.1 Å². The predicted octanol–water partition coefficient (Wildman–Crippen LogP) is 4.05. The van der Waals surface area contributed by atoms with Crippen LogP contribution in [0.25, 0.3) is 0 Å². The highest BCUT2D eigenvalue weighted by atomic mass is 32.2. The summed E-state index contributed by atoms with van der Waals surface area (Å²) in [4.78, 5) is 1.13. The number of aryl methyl sites for hydroxylation is 1. The number of aliphatic hydroxyl groups excluding tert-OH is 1.